The highest BCUT2D eigenvalue weighted by Gasteiger charge is 1.96. The Hall–Kier alpha value is -1.16. The molecule has 0 heterocycles. The van der Waals surface area contributed by atoms with E-state index in [1.165, 1.54) is 0 Å². The van der Waals surface area contributed by atoms with Gasteiger partial charge in [0.05, 0.1) is 6.73 Å². The molecule has 0 aromatic carbocycles. The van der Waals surface area contributed by atoms with Gasteiger partial charge >= 0.3 is 0 Å². The van der Waals surface area contributed by atoms with Crippen molar-refractivity contribution in [1.29, 1.82) is 0 Å². The van der Waals surface area contributed by atoms with E-state index in [1.807, 2.05) is 24.3 Å². The minimum atomic E-state index is 0.637. The van der Waals surface area contributed by atoms with Crippen LogP contribution in [-0.4, -0.2) is 44.9 Å². The molecule has 0 spiro atoms. The monoisotopic (exact) mass is 238 g/mol. The third-order valence-electron chi connectivity index (χ3n) is 1.66. The van der Waals surface area contributed by atoms with Crippen molar-refractivity contribution < 1.29 is 4.74 Å². The van der Waals surface area contributed by atoms with Gasteiger partial charge in [0.15, 0.2) is 0 Å². The average molecular weight is 238 g/mol. The minimum absolute atomic E-state index is 0.637. The lowest BCUT2D eigenvalue weighted by Gasteiger charge is -2.16. The lowest BCUT2D eigenvalue weighted by Crippen LogP contribution is -2.25. The molecule has 0 rings (SSSR count). The van der Waals surface area contributed by atoms with Crippen molar-refractivity contribution in [2.75, 3.05) is 40.0 Å². The number of hydrogen-bond acceptors (Lipinski definition) is 3. The van der Waals surface area contributed by atoms with Crippen molar-refractivity contribution in [2.24, 2.45) is 0 Å². The van der Waals surface area contributed by atoms with Crippen molar-refractivity contribution in [1.82, 2.24) is 10.2 Å². The van der Waals surface area contributed by atoms with Crippen LogP contribution in [0.15, 0.2) is 50.6 Å². The van der Waals surface area contributed by atoms with E-state index in [2.05, 4.69) is 36.5 Å². The Labute approximate surface area is 106 Å². The molecule has 0 aromatic rings. The topological polar surface area (TPSA) is 24.5 Å². The predicted molar refractivity (Wildman–Crippen MR) is 77.1 cm³/mol. The van der Waals surface area contributed by atoms with E-state index in [1.54, 1.807) is 7.11 Å². The molecular formula is C14H26N2O. The lowest BCUT2D eigenvalue weighted by molar-refractivity contribution is 0.0798. The van der Waals surface area contributed by atoms with Crippen LogP contribution in [0, 0.1) is 0 Å². The van der Waals surface area contributed by atoms with Crippen LogP contribution in [0.2, 0.25) is 0 Å². The molecule has 0 atom stereocenters. The van der Waals surface area contributed by atoms with Crippen LogP contribution in [-0.2, 0) is 4.74 Å². The molecule has 0 aliphatic carbocycles. The van der Waals surface area contributed by atoms with Crippen molar-refractivity contribution >= 4 is 0 Å². The van der Waals surface area contributed by atoms with Crippen LogP contribution in [0.1, 0.15) is 0 Å². The summed E-state index contributed by atoms with van der Waals surface area (Å²) < 4.78 is 4.94. The number of hydrogen-bond donors (Lipinski definition) is 1. The van der Waals surface area contributed by atoms with E-state index in [0.29, 0.717) is 6.73 Å². The molecule has 0 fully saturated rings. The molecule has 3 nitrogen and oxygen atoms in total. The zero-order valence-corrected chi connectivity index (χ0v) is 11.0. The quantitative estimate of drug-likeness (QED) is 0.359. The number of nitrogens with zero attached hydrogens (tertiary/aromatic N) is 1. The van der Waals surface area contributed by atoms with Gasteiger partial charge in [-0.15, -0.1) is 26.3 Å². The Morgan fingerprint density at radius 1 is 0.941 bits per heavy atom. The van der Waals surface area contributed by atoms with Crippen molar-refractivity contribution in [3.05, 3.63) is 50.6 Å². The highest BCUT2D eigenvalue weighted by Crippen LogP contribution is 1.87. The van der Waals surface area contributed by atoms with Gasteiger partial charge in [-0.3, -0.25) is 4.90 Å². The second-order valence-electron chi connectivity index (χ2n) is 3.27. The Balaban J connectivity index is 0. The predicted octanol–water partition coefficient (Wildman–Crippen LogP) is 2.21. The molecule has 17 heavy (non-hydrogen) atoms. The van der Waals surface area contributed by atoms with Crippen molar-refractivity contribution in [3.8, 4) is 0 Å². The summed E-state index contributed by atoms with van der Waals surface area (Å²) in [7, 11) is 1.68. The number of rotatable bonds is 10. The number of nitrogens with one attached hydrogen (secondary N) is 1. The molecule has 0 bridgehead atoms. The molecule has 0 unspecified atom stereocenters. The molecule has 0 aliphatic heterocycles. The SMILES string of the molecule is C=CCN(CC=C)COC.C=CCNCC=C. The summed E-state index contributed by atoms with van der Waals surface area (Å²) in [6.07, 6.45) is 7.35. The van der Waals surface area contributed by atoms with Gasteiger partial charge in [0, 0.05) is 33.3 Å². The maximum Gasteiger partial charge on any atom is 0.0991 e. The molecule has 0 saturated heterocycles. The first-order chi connectivity index (χ1) is 8.26. The van der Waals surface area contributed by atoms with E-state index < -0.39 is 0 Å². The van der Waals surface area contributed by atoms with E-state index in [4.69, 9.17) is 4.74 Å². The molecule has 1 N–H and O–H groups in total. The van der Waals surface area contributed by atoms with Crippen LogP contribution in [0.25, 0.3) is 0 Å². The summed E-state index contributed by atoms with van der Waals surface area (Å²) in [6.45, 7) is 18.4. The van der Waals surface area contributed by atoms with E-state index in [9.17, 15) is 0 Å². The smallest absolute Gasteiger partial charge is 0.0991 e. The molecule has 0 saturated carbocycles. The average Bonchev–Trinajstić information content (AvgIpc) is 2.32. The van der Waals surface area contributed by atoms with Gasteiger partial charge in [-0.25, -0.2) is 0 Å². The fourth-order valence-corrected chi connectivity index (χ4v) is 1.02. The molecule has 98 valence electrons. The van der Waals surface area contributed by atoms with Gasteiger partial charge in [-0.1, -0.05) is 24.3 Å². The standard InChI is InChI=1S/C8H15NO.C6H11N/c1-4-6-9(7-5-2)8-10-3;1-3-5-7-6-4-2/h4-5H,1-2,6-8H2,3H3;3-4,7H,1-2,5-6H2. The molecule has 3 heteroatoms. The lowest BCUT2D eigenvalue weighted by atomic mass is 10.5. The highest BCUT2D eigenvalue weighted by molar-refractivity contribution is 4.78. The Kier molecular flexibility index (Phi) is 18.5. The second-order valence-corrected chi connectivity index (χ2v) is 3.27. The normalized spacial score (nSPS) is 9.06. The van der Waals surface area contributed by atoms with Crippen LogP contribution >= 0.6 is 0 Å². The fraction of sp³-hybridized carbons (Fsp3) is 0.429. The molecule has 0 amide bonds. The Bertz CT molecular complexity index is 184. The first-order valence-corrected chi connectivity index (χ1v) is 5.62. The summed E-state index contributed by atoms with van der Waals surface area (Å²) in [4.78, 5) is 2.08. The maximum atomic E-state index is 4.94. The maximum absolute atomic E-state index is 4.94. The van der Waals surface area contributed by atoms with E-state index in [0.717, 1.165) is 26.2 Å². The zero-order chi connectivity index (χ0) is 13.4. The third-order valence-corrected chi connectivity index (χ3v) is 1.66. The summed E-state index contributed by atoms with van der Waals surface area (Å²) in [5, 5.41) is 3.05. The summed E-state index contributed by atoms with van der Waals surface area (Å²) >= 11 is 0. The highest BCUT2D eigenvalue weighted by atomic mass is 16.5. The largest absolute Gasteiger partial charge is 0.369 e. The molecule has 0 radical (unpaired) electrons. The second kappa shape index (κ2) is 17.2. The van der Waals surface area contributed by atoms with Crippen LogP contribution in [0.3, 0.4) is 0 Å². The third kappa shape index (κ3) is 17.5. The molecule has 0 aromatic heterocycles. The van der Waals surface area contributed by atoms with Crippen LogP contribution in [0.4, 0.5) is 0 Å². The van der Waals surface area contributed by atoms with Crippen LogP contribution in [0.5, 0.6) is 0 Å². The van der Waals surface area contributed by atoms with E-state index in [-0.39, 0.29) is 0 Å². The first kappa shape index (κ1) is 18.2. The van der Waals surface area contributed by atoms with Gasteiger partial charge in [0.25, 0.3) is 0 Å². The van der Waals surface area contributed by atoms with Gasteiger partial charge in [-0.2, -0.15) is 0 Å². The molecule has 0 aliphatic rings. The van der Waals surface area contributed by atoms with Gasteiger partial charge in [0.1, 0.15) is 0 Å². The summed E-state index contributed by atoms with van der Waals surface area (Å²) in [5.41, 5.74) is 0. The Morgan fingerprint density at radius 3 is 1.71 bits per heavy atom. The number of methoxy groups -OCH3 is 1. The Morgan fingerprint density at radius 2 is 1.41 bits per heavy atom. The van der Waals surface area contributed by atoms with E-state index >= 15 is 0 Å². The fourth-order valence-electron chi connectivity index (χ4n) is 1.02. The first-order valence-electron chi connectivity index (χ1n) is 5.62. The van der Waals surface area contributed by atoms with Gasteiger partial charge < -0.3 is 10.1 Å². The minimum Gasteiger partial charge on any atom is -0.369 e. The van der Waals surface area contributed by atoms with Crippen molar-refractivity contribution in [2.45, 2.75) is 0 Å². The van der Waals surface area contributed by atoms with Crippen LogP contribution < -0.4 is 5.32 Å². The van der Waals surface area contributed by atoms with Crippen molar-refractivity contribution in [3.63, 3.8) is 0 Å². The summed E-state index contributed by atoms with van der Waals surface area (Å²) in [6, 6.07) is 0. The van der Waals surface area contributed by atoms with Gasteiger partial charge in [-0.05, 0) is 0 Å². The molecular weight excluding hydrogens is 212 g/mol. The van der Waals surface area contributed by atoms with Gasteiger partial charge in [0.2, 0.25) is 0 Å². The zero-order valence-electron chi connectivity index (χ0n) is 11.0. The summed E-state index contributed by atoms with van der Waals surface area (Å²) in [5.74, 6) is 0. The number of ether oxygens (including phenoxy) is 1.